The molecule has 1 aromatic heterocycles. The van der Waals surface area contributed by atoms with E-state index in [1.165, 1.54) is 30.6 Å². The molecule has 1 saturated heterocycles. The van der Waals surface area contributed by atoms with Gasteiger partial charge in [0.15, 0.2) is 5.13 Å². The smallest absolute Gasteiger partial charge is 0.323 e. The molecule has 1 aliphatic carbocycles. The number of hydrogen-bond acceptors (Lipinski definition) is 5. The van der Waals surface area contributed by atoms with Crippen molar-refractivity contribution in [3.63, 3.8) is 0 Å². The van der Waals surface area contributed by atoms with E-state index < -0.39 is 0 Å². The minimum atomic E-state index is -0.126. The van der Waals surface area contributed by atoms with Gasteiger partial charge in [0.05, 0.1) is 24.8 Å². The van der Waals surface area contributed by atoms with Crippen molar-refractivity contribution in [1.82, 2.24) is 10.3 Å². The van der Waals surface area contributed by atoms with Crippen LogP contribution >= 0.6 is 11.3 Å². The van der Waals surface area contributed by atoms with E-state index in [2.05, 4.69) is 15.6 Å². The number of rotatable bonds is 7. The van der Waals surface area contributed by atoms with Crippen LogP contribution in [0.15, 0.2) is 29.6 Å². The van der Waals surface area contributed by atoms with Crippen molar-refractivity contribution in [3.05, 3.63) is 40.9 Å². The van der Waals surface area contributed by atoms with Crippen LogP contribution in [0.2, 0.25) is 0 Å². The Morgan fingerprint density at radius 3 is 2.97 bits per heavy atom. The predicted molar refractivity (Wildman–Crippen MR) is 118 cm³/mol. The Morgan fingerprint density at radius 2 is 2.13 bits per heavy atom. The Balaban J connectivity index is 1.29. The summed E-state index contributed by atoms with van der Waals surface area (Å²) in [5.74, 6) is -0.125. The number of benzene rings is 1. The summed E-state index contributed by atoms with van der Waals surface area (Å²) < 4.78 is 6.04. The monoisotopic (exact) mass is 428 g/mol. The summed E-state index contributed by atoms with van der Waals surface area (Å²) in [6.45, 7) is 1.92. The number of anilines is 2. The molecule has 0 spiro atoms. The predicted octanol–water partition coefficient (Wildman–Crippen LogP) is 4.09. The van der Waals surface area contributed by atoms with Gasteiger partial charge in [0.1, 0.15) is 0 Å². The Bertz CT molecular complexity index is 879. The molecular formula is C22H28N4O3S. The normalized spacial score (nSPS) is 17.6. The molecule has 1 saturated carbocycles. The lowest BCUT2D eigenvalue weighted by atomic mass is 9.98. The summed E-state index contributed by atoms with van der Waals surface area (Å²) in [6, 6.07) is 7.68. The standard InChI is InChI=1S/C22H28N4O3S/c27-20(13-18-15-30-22(25-18)26-11-5-10-23-21(26)28)24-17-7-4-6-16(12-17)14-29-19-8-2-1-3-9-19/h4,6-7,12,15,19H,1-3,5,8-11,13-14H2,(H,23,28)(H,24,27). The number of nitrogens with one attached hydrogen (secondary N) is 2. The zero-order chi connectivity index (χ0) is 20.8. The van der Waals surface area contributed by atoms with Gasteiger partial charge in [-0.25, -0.2) is 9.78 Å². The first-order valence-corrected chi connectivity index (χ1v) is 11.6. The highest BCUT2D eigenvalue weighted by Crippen LogP contribution is 2.24. The lowest BCUT2D eigenvalue weighted by Crippen LogP contribution is -2.46. The molecule has 2 heterocycles. The molecule has 2 aromatic rings. The fraction of sp³-hybridized carbons (Fsp3) is 0.500. The number of ether oxygens (including phenoxy) is 1. The summed E-state index contributed by atoms with van der Waals surface area (Å²) in [6.07, 6.45) is 7.53. The summed E-state index contributed by atoms with van der Waals surface area (Å²) in [5, 5.41) is 8.23. The minimum absolute atomic E-state index is 0.125. The quantitative estimate of drug-likeness (QED) is 0.696. The highest BCUT2D eigenvalue weighted by atomic mass is 32.1. The molecule has 160 valence electrons. The van der Waals surface area contributed by atoms with Crippen molar-refractivity contribution in [1.29, 1.82) is 0 Å². The Labute approximate surface area is 180 Å². The van der Waals surface area contributed by atoms with E-state index in [1.54, 1.807) is 4.90 Å². The molecule has 7 nitrogen and oxygen atoms in total. The second kappa shape index (κ2) is 10.0. The van der Waals surface area contributed by atoms with Crippen molar-refractivity contribution < 1.29 is 14.3 Å². The lowest BCUT2D eigenvalue weighted by molar-refractivity contribution is -0.115. The van der Waals surface area contributed by atoms with E-state index in [9.17, 15) is 9.59 Å². The molecule has 0 atom stereocenters. The van der Waals surface area contributed by atoms with Gasteiger partial charge < -0.3 is 15.4 Å². The van der Waals surface area contributed by atoms with Gasteiger partial charge in [-0.1, -0.05) is 31.4 Å². The third kappa shape index (κ3) is 5.58. The number of thiazole rings is 1. The van der Waals surface area contributed by atoms with Gasteiger partial charge in [0.25, 0.3) is 0 Å². The molecule has 2 N–H and O–H groups in total. The number of urea groups is 1. The van der Waals surface area contributed by atoms with Gasteiger partial charge in [-0.3, -0.25) is 9.69 Å². The van der Waals surface area contributed by atoms with E-state index in [0.29, 0.717) is 36.6 Å². The van der Waals surface area contributed by atoms with Crippen molar-refractivity contribution in [2.24, 2.45) is 0 Å². The molecule has 0 bridgehead atoms. The van der Waals surface area contributed by atoms with Gasteiger partial charge in [-0.05, 0) is 37.0 Å². The van der Waals surface area contributed by atoms with Crippen molar-refractivity contribution in [2.45, 2.75) is 57.7 Å². The second-order valence-electron chi connectivity index (χ2n) is 7.85. The van der Waals surface area contributed by atoms with E-state index in [-0.39, 0.29) is 18.4 Å². The molecule has 4 rings (SSSR count). The molecule has 30 heavy (non-hydrogen) atoms. The maximum Gasteiger partial charge on any atom is 0.323 e. The fourth-order valence-electron chi connectivity index (χ4n) is 3.87. The first kappa shape index (κ1) is 20.8. The molecule has 3 amide bonds. The van der Waals surface area contributed by atoms with Crippen LogP contribution in [0.4, 0.5) is 15.6 Å². The number of amides is 3. The summed E-state index contributed by atoms with van der Waals surface area (Å²) >= 11 is 1.39. The summed E-state index contributed by atoms with van der Waals surface area (Å²) in [7, 11) is 0. The second-order valence-corrected chi connectivity index (χ2v) is 8.69. The van der Waals surface area contributed by atoms with Crippen molar-refractivity contribution in [3.8, 4) is 0 Å². The minimum Gasteiger partial charge on any atom is -0.374 e. The number of carbonyl (C=O) groups is 2. The average Bonchev–Trinajstić information content (AvgIpc) is 3.21. The van der Waals surface area contributed by atoms with Crippen LogP contribution in [0, 0.1) is 0 Å². The van der Waals surface area contributed by atoms with E-state index >= 15 is 0 Å². The maximum absolute atomic E-state index is 12.5. The highest BCUT2D eigenvalue weighted by molar-refractivity contribution is 7.14. The van der Waals surface area contributed by atoms with Crippen LogP contribution in [-0.4, -0.2) is 36.1 Å². The molecular weight excluding hydrogens is 400 g/mol. The first-order chi connectivity index (χ1) is 14.7. The summed E-state index contributed by atoms with van der Waals surface area (Å²) in [5.41, 5.74) is 2.49. The van der Waals surface area contributed by atoms with Crippen molar-refractivity contribution >= 4 is 34.1 Å². The third-order valence-corrected chi connectivity index (χ3v) is 6.35. The number of hydrogen-bond donors (Lipinski definition) is 2. The molecule has 1 aromatic carbocycles. The Morgan fingerprint density at radius 1 is 1.27 bits per heavy atom. The van der Waals surface area contributed by atoms with Crippen LogP contribution in [0.25, 0.3) is 0 Å². The maximum atomic E-state index is 12.5. The molecule has 0 radical (unpaired) electrons. The van der Waals surface area contributed by atoms with Crippen LogP contribution < -0.4 is 15.5 Å². The number of carbonyl (C=O) groups excluding carboxylic acids is 2. The van der Waals surface area contributed by atoms with Crippen LogP contribution in [-0.2, 0) is 22.6 Å². The van der Waals surface area contributed by atoms with Gasteiger partial charge >= 0.3 is 6.03 Å². The van der Waals surface area contributed by atoms with Gasteiger partial charge in [0.2, 0.25) is 5.91 Å². The van der Waals surface area contributed by atoms with Crippen molar-refractivity contribution in [2.75, 3.05) is 23.3 Å². The third-order valence-electron chi connectivity index (χ3n) is 5.44. The fourth-order valence-corrected chi connectivity index (χ4v) is 4.72. The largest absolute Gasteiger partial charge is 0.374 e. The zero-order valence-corrected chi connectivity index (χ0v) is 17.9. The zero-order valence-electron chi connectivity index (χ0n) is 17.1. The van der Waals surface area contributed by atoms with E-state index in [1.807, 2.05) is 29.6 Å². The molecule has 8 heteroatoms. The molecule has 1 aliphatic heterocycles. The van der Waals surface area contributed by atoms with E-state index in [4.69, 9.17) is 4.74 Å². The molecule has 2 aliphatic rings. The van der Waals surface area contributed by atoms with Gasteiger partial charge in [-0.2, -0.15) is 0 Å². The van der Waals surface area contributed by atoms with E-state index in [0.717, 1.165) is 30.5 Å². The van der Waals surface area contributed by atoms with Crippen LogP contribution in [0.3, 0.4) is 0 Å². The molecule has 0 unspecified atom stereocenters. The number of nitrogens with zero attached hydrogens (tertiary/aromatic N) is 2. The average molecular weight is 429 g/mol. The highest BCUT2D eigenvalue weighted by Gasteiger charge is 2.22. The van der Waals surface area contributed by atoms with Gasteiger partial charge in [0, 0.05) is 24.2 Å². The molecule has 2 fully saturated rings. The Kier molecular flexibility index (Phi) is 6.96. The van der Waals surface area contributed by atoms with Gasteiger partial charge in [-0.15, -0.1) is 11.3 Å². The summed E-state index contributed by atoms with van der Waals surface area (Å²) in [4.78, 5) is 30.5. The number of aromatic nitrogens is 1. The lowest BCUT2D eigenvalue weighted by Gasteiger charge is -2.24. The van der Waals surface area contributed by atoms with Crippen LogP contribution in [0.1, 0.15) is 49.8 Å². The Hall–Kier alpha value is -2.45. The SMILES string of the molecule is O=C(Cc1csc(N2CCCNC2=O)n1)Nc1cccc(COC2CCCCC2)c1. The first-order valence-electron chi connectivity index (χ1n) is 10.7. The topological polar surface area (TPSA) is 83.6 Å². The van der Waals surface area contributed by atoms with Crippen LogP contribution in [0.5, 0.6) is 0 Å².